The van der Waals surface area contributed by atoms with Crippen molar-refractivity contribution in [3.63, 3.8) is 0 Å². The molecule has 2 saturated carbocycles. The van der Waals surface area contributed by atoms with Gasteiger partial charge >= 0.3 is 6.16 Å². The molecule has 1 aromatic rings. The number of benzene rings is 1. The highest BCUT2D eigenvalue weighted by Crippen LogP contribution is 2.62. The molecule has 0 aliphatic heterocycles. The summed E-state index contributed by atoms with van der Waals surface area (Å²) < 4.78 is 11.5. The Morgan fingerprint density at radius 1 is 1.00 bits per heavy atom. The van der Waals surface area contributed by atoms with Crippen molar-refractivity contribution in [3.05, 3.63) is 29.3 Å². The largest absolute Gasteiger partial charge is 0.508 e. The third kappa shape index (κ3) is 6.22. The quantitative estimate of drug-likeness (QED) is 0.231. The van der Waals surface area contributed by atoms with E-state index in [0.29, 0.717) is 36.0 Å². The number of rotatable bonds is 12. The molecule has 0 amide bonds. The number of carbonyl (C=O) groups excluding carboxylic acids is 1. The number of phenolic OH excluding ortho intramolecular Hbond substituents is 1. The molecular weight excluding hydrogens is 448 g/mol. The Morgan fingerprint density at radius 3 is 2.42 bits per heavy atom. The predicted molar refractivity (Wildman–Crippen MR) is 145 cm³/mol. The number of hydrogen-bond acceptors (Lipinski definition) is 4. The highest BCUT2D eigenvalue weighted by Gasteiger charge is 2.57. The minimum Gasteiger partial charge on any atom is -0.508 e. The van der Waals surface area contributed by atoms with Crippen molar-refractivity contribution in [2.75, 3.05) is 6.61 Å². The van der Waals surface area contributed by atoms with E-state index in [2.05, 4.69) is 26.8 Å². The molecule has 4 nitrogen and oxygen atoms in total. The molecule has 1 aromatic carbocycles. The second-order valence-corrected chi connectivity index (χ2v) is 12.4. The first-order chi connectivity index (χ1) is 17.4. The monoisotopic (exact) mass is 498 g/mol. The highest BCUT2D eigenvalue weighted by atomic mass is 16.7. The van der Waals surface area contributed by atoms with Crippen LogP contribution in [0.3, 0.4) is 0 Å². The van der Waals surface area contributed by atoms with Crippen molar-refractivity contribution < 1.29 is 19.4 Å². The van der Waals surface area contributed by atoms with Crippen LogP contribution in [0.15, 0.2) is 18.2 Å². The molecule has 0 bridgehead atoms. The van der Waals surface area contributed by atoms with E-state index in [1.807, 2.05) is 12.1 Å². The molecule has 202 valence electrons. The smallest absolute Gasteiger partial charge is 0.508 e. The molecule has 36 heavy (non-hydrogen) atoms. The molecule has 0 spiro atoms. The second-order valence-electron chi connectivity index (χ2n) is 12.4. The maximum atomic E-state index is 12.6. The first-order valence-corrected chi connectivity index (χ1v) is 15.1. The number of aromatic hydroxyl groups is 1. The summed E-state index contributed by atoms with van der Waals surface area (Å²) in [5, 5.41) is 9.98. The van der Waals surface area contributed by atoms with E-state index in [1.54, 1.807) is 0 Å². The number of carbonyl (C=O) groups is 1. The molecule has 3 aliphatic rings. The second kappa shape index (κ2) is 12.7. The van der Waals surface area contributed by atoms with Crippen LogP contribution in [0.5, 0.6) is 5.75 Å². The van der Waals surface area contributed by atoms with Crippen molar-refractivity contribution >= 4 is 6.16 Å². The van der Waals surface area contributed by atoms with E-state index in [-0.39, 0.29) is 11.5 Å². The molecule has 3 aliphatic carbocycles. The summed E-state index contributed by atoms with van der Waals surface area (Å²) in [5.74, 6) is 2.72. The van der Waals surface area contributed by atoms with Gasteiger partial charge in [0, 0.05) is 5.41 Å². The lowest BCUT2D eigenvalue weighted by atomic mass is 9.53. The van der Waals surface area contributed by atoms with Crippen LogP contribution in [0.1, 0.15) is 128 Å². The minimum atomic E-state index is -0.461. The van der Waals surface area contributed by atoms with Crippen molar-refractivity contribution in [1.29, 1.82) is 0 Å². The Kier molecular flexibility index (Phi) is 9.64. The van der Waals surface area contributed by atoms with Crippen molar-refractivity contribution in [2.24, 2.45) is 23.2 Å². The molecule has 2 fully saturated rings. The Morgan fingerprint density at radius 2 is 1.69 bits per heavy atom. The SMILES string of the molecule is CCCCCCCCCCCCOC(=O)O[C@H]1CCC2C3C(CC[C@@]21C)c1ccc(O)cc1C[C@@H]3C. The third-order valence-electron chi connectivity index (χ3n) is 9.93. The van der Waals surface area contributed by atoms with E-state index < -0.39 is 6.16 Å². The van der Waals surface area contributed by atoms with Crippen LogP contribution >= 0.6 is 0 Å². The first kappa shape index (κ1) is 27.3. The van der Waals surface area contributed by atoms with Crippen LogP contribution in [0.2, 0.25) is 0 Å². The van der Waals surface area contributed by atoms with E-state index >= 15 is 0 Å². The molecule has 6 atom stereocenters. The van der Waals surface area contributed by atoms with Gasteiger partial charge in [0.1, 0.15) is 11.9 Å². The van der Waals surface area contributed by atoms with Gasteiger partial charge in [0.2, 0.25) is 0 Å². The van der Waals surface area contributed by atoms with Gasteiger partial charge in [0.15, 0.2) is 0 Å². The average molecular weight is 499 g/mol. The van der Waals surface area contributed by atoms with E-state index in [4.69, 9.17) is 9.47 Å². The fourth-order valence-electron chi connectivity index (χ4n) is 8.01. The van der Waals surface area contributed by atoms with Gasteiger partial charge in [-0.05, 0) is 85.5 Å². The van der Waals surface area contributed by atoms with Crippen molar-refractivity contribution in [1.82, 2.24) is 0 Å². The van der Waals surface area contributed by atoms with Crippen LogP contribution < -0.4 is 0 Å². The molecular formula is C32H50O4. The summed E-state index contributed by atoms with van der Waals surface area (Å²) in [6.07, 6.45) is 17.6. The van der Waals surface area contributed by atoms with Crippen molar-refractivity contribution in [2.45, 2.75) is 129 Å². The van der Waals surface area contributed by atoms with Gasteiger partial charge in [-0.15, -0.1) is 0 Å². The summed E-state index contributed by atoms with van der Waals surface area (Å²) in [6.45, 7) is 7.48. The molecule has 4 rings (SSSR count). The number of phenols is 1. The number of hydrogen-bond donors (Lipinski definition) is 1. The van der Waals surface area contributed by atoms with Gasteiger partial charge in [-0.3, -0.25) is 0 Å². The van der Waals surface area contributed by atoms with Crippen LogP contribution in [-0.4, -0.2) is 24.0 Å². The number of ether oxygens (including phenoxy) is 2. The lowest BCUT2D eigenvalue weighted by Crippen LogP contribution is -2.47. The first-order valence-electron chi connectivity index (χ1n) is 15.1. The Bertz CT molecular complexity index is 851. The van der Waals surface area contributed by atoms with E-state index in [0.717, 1.165) is 44.9 Å². The van der Waals surface area contributed by atoms with E-state index in [9.17, 15) is 9.90 Å². The lowest BCUT2D eigenvalue weighted by molar-refractivity contribution is -0.0618. The topological polar surface area (TPSA) is 55.8 Å². The lowest BCUT2D eigenvalue weighted by Gasteiger charge is -2.52. The Balaban J connectivity index is 1.19. The molecule has 1 N–H and O–H groups in total. The molecule has 0 heterocycles. The van der Waals surface area contributed by atoms with Crippen molar-refractivity contribution in [3.8, 4) is 5.75 Å². The molecule has 0 aromatic heterocycles. The van der Waals surface area contributed by atoms with Gasteiger partial charge in [-0.2, -0.15) is 0 Å². The highest BCUT2D eigenvalue weighted by molar-refractivity contribution is 5.60. The Labute approximate surface area is 219 Å². The van der Waals surface area contributed by atoms with E-state index in [1.165, 1.54) is 62.5 Å². The number of unbranched alkanes of at least 4 members (excludes halogenated alkanes) is 9. The minimum absolute atomic E-state index is 0.0305. The summed E-state index contributed by atoms with van der Waals surface area (Å²) in [6, 6.07) is 5.98. The maximum Gasteiger partial charge on any atom is 0.508 e. The normalized spacial score (nSPS) is 30.8. The Hall–Kier alpha value is -1.71. The van der Waals surface area contributed by atoms with Gasteiger partial charge in [-0.25, -0.2) is 4.79 Å². The standard InChI is InChI=1S/C32H50O4/c1-4-5-6-7-8-9-10-11-12-13-20-35-31(34)36-29-17-16-28-30-23(2)21-24-22-25(33)14-15-26(24)27(30)18-19-32(28,29)3/h14-15,22-23,27-30,33H,4-13,16-21H2,1-3H3/t23-,27?,28?,29-,30?,32-/m0/s1. The average Bonchev–Trinajstić information content (AvgIpc) is 3.18. The maximum absolute atomic E-state index is 12.6. The van der Waals surface area contributed by atoms with Crippen LogP contribution in [0, 0.1) is 23.2 Å². The zero-order valence-corrected chi connectivity index (χ0v) is 23.1. The zero-order chi connectivity index (χ0) is 25.5. The molecule has 3 unspecified atom stereocenters. The fourth-order valence-corrected chi connectivity index (χ4v) is 8.01. The van der Waals surface area contributed by atoms with Crippen LogP contribution in [0.4, 0.5) is 4.79 Å². The summed E-state index contributed by atoms with van der Waals surface area (Å²) in [5.41, 5.74) is 2.81. The van der Waals surface area contributed by atoms with Gasteiger partial charge in [0.25, 0.3) is 0 Å². The summed E-state index contributed by atoms with van der Waals surface area (Å²) in [7, 11) is 0. The van der Waals surface area contributed by atoms with Gasteiger partial charge < -0.3 is 14.6 Å². The summed E-state index contributed by atoms with van der Waals surface area (Å²) in [4.78, 5) is 12.6. The predicted octanol–water partition coefficient (Wildman–Crippen LogP) is 8.94. The van der Waals surface area contributed by atoms with Crippen LogP contribution in [-0.2, 0) is 15.9 Å². The van der Waals surface area contributed by atoms with Gasteiger partial charge in [0.05, 0.1) is 6.61 Å². The molecule has 0 radical (unpaired) electrons. The third-order valence-corrected chi connectivity index (χ3v) is 9.93. The van der Waals surface area contributed by atoms with Gasteiger partial charge in [-0.1, -0.05) is 84.6 Å². The summed E-state index contributed by atoms with van der Waals surface area (Å²) >= 11 is 0. The molecule has 4 heteroatoms. The fraction of sp³-hybridized carbons (Fsp3) is 0.781. The van der Waals surface area contributed by atoms with Crippen LogP contribution in [0.25, 0.3) is 0 Å². The number of fused-ring (bicyclic) bond motifs is 5. The zero-order valence-electron chi connectivity index (χ0n) is 23.1. The molecule has 0 saturated heterocycles.